The van der Waals surface area contributed by atoms with E-state index in [9.17, 15) is 14.7 Å². The van der Waals surface area contributed by atoms with Crippen LogP contribution < -0.4 is 4.74 Å². The van der Waals surface area contributed by atoms with E-state index in [1.54, 1.807) is 6.08 Å². The smallest absolute Gasteiger partial charge is 0.303 e. The lowest BCUT2D eigenvalue weighted by Crippen LogP contribution is -2.32. The summed E-state index contributed by atoms with van der Waals surface area (Å²) in [4.78, 5) is 24.6. The van der Waals surface area contributed by atoms with E-state index in [2.05, 4.69) is 0 Å². The van der Waals surface area contributed by atoms with E-state index in [-0.39, 0.29) is 18.4 Å². The molecule has 28 heavy (non-hydrogen) atoms. The topological polar surface area (TPSA) is 87.1 Å². The first-order chi connectivity index (χ1) is 13.5. The average Bonchev–Trinajstić information content (AvgIpc) is 3.02. The third-order valence-electron chi connectivity index (χ3n) is 4.94. The Balaban J connectivity index is 1.84. The van der Waals surface area contributed by atoms with E-state index in [1.165, 1.54) is 0 Å². The van der Waals surface area contributed by atoms with Crippen LogP contribution in [0.25, 0.3) is 0 Å². The molecule has 2 rings (SSSR count). The maximum absolute atomic E-state index is 12.2. The Bertz CT molecular complexity index is 673. The van der Waals surface area contributed by atoms with Gasteiger partial charge in [-0.05, 0) is 43.9 Å². The third-order valence-corrected chi connectivity index (χ3v) is 4.94. The fourth-order valence-corrected chi connectivity index (χ4v) is 3.46. The largest absolute Gasteiger partial charge is 0.494 e. The van der Waals surface area contributed by atoms with E-state index in [0.29, 0.717) is 26.0 Å². The number of benzene rings is 1. The summed E-state index contributed by atoms with van der Waals surface area (Å²) in [5.41, 5.74) is 0.761. The first-order valence-corrected chi connectivity index (χ1v) is 10.1. The van der Waals surface area contributed by atoms with Crippen molar-refractivity contribution in [1.29, 1.82) is 0 Å². The lowest BCUT2D eigenvalue weighted by molar-refractivity contribution is -0.137. The van der Waals surface area contributed by atoms with Gasteiger partial charge in [-0.2, -0.15) is 0 Å². The molecule has 1 saturated heterocycles. The van der Waals surface area contributed by atoms with Gasteiger partial charge in [-0.3, -0.25) is 9.59 Å². The van der Waals surface area contributed by atoms with E-state index >= 15 is 0 Å². The van der Waals surface area contributed by atoms with Crippen molar-refractivity contribution in [2.24, 2.45) is 0 Å². The van der Waals surface area contributed by atoms with Crippen molar-refractivity contribution in [2.75, 3.05) is 13.2 Å². The molecule has 0 aliphatic carbocycles. The number of ether oxygens (including phenoxy) is 1. The first-order valence-electron chi connectivity index (χ1n) is 10.1. The second kappa shape index (κ2) is 11.5. The summed E-state index contributed by atoms with van der Waals surface area (Å²) < 4.78 is 5.47. The highest BCUT2D eigenvalue weighted by Gasteiger charge is 2.28. The van der Waals surface area contributed by atoms with Gasteiger partial charge in [0, 0.05) is 19.4 Å². The number of aliphatic hydroxyl groups is 1. The highest BCUT2D eigenvalue weighted by atomic mass is 16.5. The molecule has 2 unspecified atom stereocenters. The summed E-state index contributed by atoms with van der Waals surface area (Å²) in [6, 6.07) is 7.40. The number of rotatable bonds is 12. The number of aliphatic hydroxyl groups excluding tert-OH is 1. The molecule has 1 aromatic carbocycles. The molecule has 1 heterocycles. The van der Waals surface area contributed by atoms with Gasteiger partial charge in [0.1, 0.15) is 5.75 Å². The molecule has 0 saturated carbocycles. The number of nitrogens with zero attached hydrogens (tertiary/aromatic N) is 1. The minimum atomic E-state index is -0.759. The monoisotopic (exact) mass is 389 g/mol. The number of likely N-dealkylation sites (tertiary alicyclic amines) is 1. The maximum atomic E-state index is 12.2. The van der Waals surface area contributed by atoms with Crippen LogP contribution in [0.15, 0.2) is 36.4 Å². The quantitative estimate of drug-likeness (QED) is 0.420. The lowest BCUT2D eigenvalue weighted by Gasteiger charge is -2.22. The van der Waals surface area contributed by atoms with Crippen molar-refractivity contribution in [3.05, 3.63) is 42.0 Å². The van der Waals surface area contributed by atoms with Crippen LogP contribution in [-0.4, -0.2) is 46.2 Å². The van der Waals surface area contributed by atoms with Gasteiger partial charge in [-0.25, -0.2) is 0 Å². The molecule has 6 heteroatoms. The highest BCUT2D eigenvalue weighted by molar-refractivity contribution is 5.79. The van der Waals surface area contributed by atoms with Crippen molar-refractivity contribution in [1.82, 2.24) is 4.90 Å². The zero-order valence-electron chi connectivity index (χ0n) is 16.5. The minimum absolute atomic E-state index is 0.0104. The van der Waals surface area contributed by atoms with Crippen LogP contribution in [0.4, 0.5) is 0 Å². The Labute approximate surface area is 166 Å². The van der Waals surface area contributed by atoms with Gasteiger partial charge in [-0.1, -0.05) is 37.1 Å². The summed E-state index contributed by atoms with van der Waals surface area (Å²) >= 11 is 0. The van der Waals surface area contributed by atoms with Crippen LogP contribution in [-0.2, 0) is 9.59 Å². The second-order valence-corrected chi connectivity index (χ2v) is 7.09. The molecule has 0 spiro atoms. The van der Waals surface area contributed by atoms with Crippen molar-refractivity contribution in [3.8, 4) is 5.75 Å². The van der Waals surface area contributed by atoms with Crippen LogP contribution in [0, 0.1) is 0 Å². The maximum Gasteiger partial charge on any atom is 0.303 e. The van der Waals surface area contributed by atoms with E-state index in [0.717, 1.165) is 37.0 Å². The van der Waals surface area contributed by atoms with Crippen molar-refractivity contribution in [3.63, 3.8) is 0 Å². The molecular weight excluding hydrogens is 358 g/mol. The van der Waals surface area contributed by atoms with Crippen molar-refractivity contribution >= 4 is 11.9 Å². The van der Waals surface area contributed by atoms with Crippen LogP contribution >= 0.6 is 0 Å². The van der Waals surface area contributed by atoms with Gasteiger partial charge >= 0.3 is 5.97 Å². The van der Waals surface area contributed by atoms with E-state index < -0.39 is 12.1 Å². The number of unbranched alkanes of at least 4 members (excludes halogenated alkanes) is 3. The number of amides is 1. The Morgan fingerprint density at radius 2 is 2.11 bits per heavy atom. The summed E-state index contributed by atoms with van der Waals surface area (Å²) in [7, 11) is 0. The minimum Gasteiger partial charge on any atom is -0.494 e. The van der Waals surface area contributed by atoms with Crippen LogP contribution in [0.2, 0.25) is 0 Å². The number of carboxylic acid groups (broad SMARTS) is 1. The Morgan fingerprint density at radius 3 is 2.86 bits per heavy atom. The highest BCUT2D eigenvalue weighted by Crippen LogP contribution is 2.24. The van der Waals surface area contributed by atoms with Crippen LogP contribution in [0.5, 0.6) is 5.75 Å². The Morgan fingerprint density at radius 1 is 1.32 bits per heavy atom. The predicted molar refractivity (Wildman–Crippen MR) is 107 cm³/mol. The number of aliphatic carboxylic acids is 1. The van der Waals surface area contributed by atoms with Gasteiger partial charge in [0.25, 0.3) is 0 Å². The van der Waals surface area contributed by atoms with Gasteiger partial charge in [0.05, 0.1) is 18.8 Å². The lowest BCUT2D eigenvalue weighted by atomic mass is 10.1. The molecule has 0 bridgehead atoms. The van der Waals surface area contributed by atoms with E-state index in [4.69, 9.17) is 9.84 Å². The fourth-order valence-electron chi connectivity index (χ4n) is 3.46. The summed E-state index contributed by atoms with van der Waals surface area (Å²) in [6.07, 6.45) is 7.76. The number of carbonyl (C=O) groups is 2. The number of hydrogen-bond acceptors (Lipinski definition) is 4. The molecule has 1 aliphatic heterocycles. The Kier molecular flexibility index (Phi) is 9.01. The van der Waals surface area contributed by atoms with Crippen LogP contribution in [0.3, 0.4) is 0 Å². The molecule has 6 nitrogen and oxygen atoms in total. The summed E-state index contributed by atoms with van der Waals surface area (Å²) in [5, 5.41) is 19.1. The normalized spacial score (nSPS) is 18.0. The zero-order valence-corrected chi connectivity index (χ0v) is 16.5. The van der Waals surface area contributed by atoms with Crippen molar-refractivity contribution < 1.29 is 24.5 Å². The first kappa shape index (κ1) is 22.0. The molecule has 1 aliphatic rings. The average molecular weight is 389 g/mol. The second-order valence-electron chi connectivity index (χ2n) is 7.09. The molecule has 0 radical (unpaired) electrons. The van der Waals surface area contributed by atoms with Gasteiger partial charge in [0.2, 0.25) is 5.91 Å². The van der Waals surface area contributed by atoms with Gasteiger partial charge < -0.3 is 19.8 Å². The summed E-state index contributed by atoms with van der Waals surface area (Å²) in [5.74, 6) is 0.117. The number of hydrogen-bond donors (Lipinski definition) is 2. The number of carboxylic acids is 1. The molecular formula is C22H31NO5. The predicted octanol–water partition coefficient (Wildman–Crippen LogP) is 3.70. The third kappa shape index (κ3) is 7.00. The molecule has 0 aromatic heterocycles. The molecule has 1 aromatic rings. The van der Waals surface area contributed by atoms with Crippen molar-refractivity contribution in [2.45, 2.75) is 64.0 Å². The van der Waals surface area contributed by atoms with E-state index in [1.807, 2.05) is 42.2 Å². The van der Waals surface area contributed by atoms with Crippen LogP contribution in [0.1, 0.15) is 63.5 Å². The zero-order chi connectivity index (χ0) is 20.4. The standard InChI is InChI=1S/C22H31NO5/c1-2-28-19-9-7-8-17(16-19)20(24)13-11-18-12-14-21(25)23(18)15-6-4-3-5-10-22(26)27/h7-9,11,13,16,18,20,24H,2-6,10,12,14-15H2,1H3,(H,26,27). The van der Waals surface area contributed by atoms with Gasteiger partial charge in [-0.15, -0.1) is 0 Å². The summed E-state index contributed by atoms with van der Waals surface area (Å²) in [6.45, 7) is 3.17. The SMILES string of the molecule is CCOc1cccc(C(O)C=CC2CCC(=O)N2CCCCCCC(=O)O)c1. The Hall–Kier alpha value is -2.34. The van der Waals surface area contributed by atoms with Gasteiger partial charge in [0.15, 0.2) is 0 Å². The number of carbonyl (C=O) groups excluding carboxylic acids is 1. The molecule has 2 atom stereocenters. The molecule has 1 amide bonds. The molecule has 154 valence electrons. The molecule has 2 N–H and O–H groups in total. The molecule has 1 fully saturated rings. The fraction of sp³-hybridized carbons (Fsp3) is 0.545.